The zero-order chi connectivity index (χ0) is 20.2. The summed E-state index contributed by atoms with van der Waals surface area (Å²) >= 11 is 18.1. The topological polar surface area (TPSA) is 0 Å². The first kappa shape index (κ1) is 20.2. The molecular formula is C24H17B2Cl3. The molecule has 0 aliphatic heterocycles. The van der Waals surface area contributed by atoms with Gasteiger partial charge in [0, 0.05) is 5.02 Å². The van der Waals surface area contributed by atoms with Crippen molar-refractivity contribution in [1.29, 1.82) is 0 Å². The van der Waals surface area contributed by atoms with Crippen molar-refractivity contribution < 1.29 is 0 Å². The van der Waals surface area contributed by atoms with E-state index in [9.17, 15) is 0 Å². The second kappa shape index (κ2) is 9.13. The van der Waals surface area contributed by atoms with Crippen molar-refractivity contribution >= 4 is 71.2 Å². The van der Waals surface area contributed by atoms with Gasteiger partial charge >= 0.3 is 0 Å². The lowest BCUT2D eigenvalue weighted by molar-refractivity contribution is 1.65. The van der Waals surface area contributed by atoms with Crippen LogP contribution < -0.4 is 21.9 Å². The van der Waals surface area contributed by atoms with Gasteiger partial charge in [-0.25, -0.2) is 0 Å². The van der Waals surface area contributed by atoms with Gasteiger partial charge in [-0.1, -0.05) is 123 Å². The summed E-state index contributed by atoms with van der Waals surface area (Å²) in [5.41, 5.74) is 7.36. The molecule has 0 radical (unpaired) electrons. The molecule has 4 rings (SSSR count). The van der Waals surface area contributed by atoms with Crippen LogP contribution in [0.25, 0.3) is 11.1 Å². The number of hydrogen-bond donors (Lipinski definition) is 0. The lowest BCUT2D eigenvalue weighted by atomic mass is 9.63. The van der Waals surface area contributed by atoms with Gasteiger partial charge in [0.25, 0.3) is 0 Å². The second-order valence-corrected chi connectivity index (χ2v) is 8.37. The fourth-order valence-electron chi connectivity index (χ4n) is 3.35. The highest BCUT2D eigenvalue weighted by Crippen LogP contribution is 2.19. The molecule has 0 nitrogen and oxygen atoms in total. The summed E-state index contributed by atoms with van der Waals surface area (Å²) in [6.07, 6.45) is 0. The molecule has 0 unspecified atom stereocenters. The Bertz CT molecular complexity index is 1110. The van der Waals surface area contributed by atoms with E-state index in [4.69, 9.17) is 34.8 Å². The maximum Gasteiger partial charge on any atom is 0.192 e. The molecule has 0 saturated heterocycles. The molecule has 0 amide bonds. The second-order valence-electron chi connectivity index (χ2n) is 7.12. The fraction of sp³-hybridized carbons (Fsp3) is 0. The summed E-state index contributed by atoms with van der Waals surface area (Å²) in [6, 6.07) is 31.2. The zero-order valence-electron chi connectivity index (χ0n) is 15.7. The van der Waals surface area contributed by atoms with Crippen molar-refractivity contribution in [1.82, 2.24) is 0 Å². The average Bonchev–Trinajstić information content (AvgIpc) is 2.74. The highest BCUT2D eigenvalue weighted by Gasteiger charge is 2.05. The van der Waals surface area contributed by atoms with Crippen LogP contribution in [0.1, 0.15) is 0 Å². The number of rotatable bonds is 5. The maximum absolute atomic E-state index is 6.12. The van der Waals surface area contributed by atoms with E-state index in [1.807, 2.05) is 30.3 Å². The molecule has 0 fully saturated rings. The normalized spacial score (nSPS) is 10.6. The molecule has 0 saturated carbocycles. The Labute approximate surface area is 187 Å². The molecule has 5 heteroatoms. The Kier molecular flexibility index (Phi) is 6.35. The van der Waals surface area contributed by atoms with Crippen LogP contribution in [0.3, 0.4) is 0 Å². The van der Waals surface area contributed by atoms with E-state index < -0.39 is 0 Å². The van der Waals surface area contributed by atoms with Crippen LogP contribution in [0.15, 0.2) is 91.0 Å². The average molecular weight is 433 g/mol. The van der Waals surface area contributed by atoms with E-state index in [-0.39, 0.29) is 0 Å². The molecule has 0 aliphatic carbocycles. The molecule has 0 aromatic heterocycles. The largest absolute Gasteiger partial charge is 0.192 e. The third kappa shape index (κ3) is 5.28. The number of hydrogen-bond acceptors (Lipinski definition) is 0. The summed E-state index contributed by atoms with van der Waals surface area (Å²) in [5, 5.41) is 1.96. The fourth-order valence-corrected chi connectivity index (χ4v) is 3.80. The zero-order valence-corrected chi connectivity index (χ0v) is 18.0. The molecular weight excluding hydrogens is 416 g/mol. The van der Waals surface area contributed by atoms with Crippen LogP contribution in [0, 0.1) is 0 Å². The van der Waals surface area contributed by atoms with Crippen LogP contribution in [0.4, 0.5) is 0 Å². The van der Waals surface area contributed by atoms with E-state index in [0.29, 0.717) is 10.0 Å². The van der Waals surface area contributed by atoms with Gasteiger partial charge in [0.05, 0.1) is 10.0 Å². The molecule has 4 aromatic carbocycles. The van der Waals surface area contributed by atoms with Gasteiger partial charge in [0.2, 0.25) is 0 Å². The predicted octanol–water partition coefficient (Wildman–Crippen LogP) is 4.09. The molecule has 0 aliphatic rings. The van der Waals surface area contributed by atoms with Crippen LogP contribution in [0.5, 0.6) is 0 Å². The summed E-state index contributed by atoms with van der Waals surface area (Å²) < 4.78 is 0. The third-order valence-electron chi connectivity index (χ3n) is 4.95. The Hall–Kier alpha value is -2.12. The quantitative estimate of drug-likeness (QED) is 0.416. The van der Waals surface area contributed by atoms with Gasteiger partial charge in [0.1, 0.15) is 0 Å². The molecule has 0 bridgehead atoms. The van der Waals surface area contributed by atoms with Crippen molar-refractivity contribution in [2.24, 2.45) is 0 Å². The van der Waals surface area contributed by atoms with Crippen molar-refractivity contribution in [3.05, 3.63) is 106 Å². The van der Waals surface area contributed by atoms with E-state index >= 15 is 0 Å². The first-order chi connectivity index (χ1) is 14.1. The predicted molar refractivity (Wildman–Crippen MR) is 133 cm³/mol. The minimum absolute atomic E-state index is 0.588. The Morgan fingerprint density at radius 3 is 1.31 bits per heavy atom. The lowest BCUT2D eigenvalue weighted by Crippen LogP contribution is -2.26. The van der Waals surface area contributed by atoms with Crippen LogP contribution in [0.2, 0.25) is 15.1 Å². The minimum Gasteiger partial charge on any atom is -0.0843 e. The monoisotopic (exact) mass is 432 g/mol. The highest BCUT2D eigenvalue weighted by atomic mass is 35.5. The summed E-state index contributed by atoms with van der Waals surface area (Å²) in [7, 11) is 1.73. The third-order valence-corrected chi connectivity index (χ3v) is 5.95. The smallest absolute Gasteiger partial charge is 0.0843 e. The van der Waals surface area contributed by atoms with E-state index in [2.05, 4.69) is 60.7 Å². The first-order valence-corrected chi connectivity index (χ1v) is 10.6. The number of halogens is 3. The standard InChI is InChI=1S/C24H17B2Cl3/c27-22-12-9-20(10-13-22)25-18-5-1-16(2-6-18)17-3-7-19(8-4-17)26-21-11-14-23(28)24(29)15-21/h1-15,25-26H. The molecule has 0 N–H and O–H groups in total. The highest BCUT2D eigenvalue weighted by molar-refractivity contribution is 6.68. The summed E-state index contributed by atoms with van der Waals surface area (Å²) in [6.45, 7) is 0. The van der Waals surface area contributed by atoms with Crippen molar-refractivity contribution in [2.75, 3.05) is 0 Å². The van der Waals surface area contributed by atoms with Crippen molar-refractivity contribution in [3.8, 4) is 11.1 Å². The minimum atomic E-state index is 0.588. The van der Waals surface area contributed by atoms with E-state index in [1.54, 1.807) is 0 Å². The van der Waals surface area contributed by atoms with Crippen molar-refractivity contribution in [3.63, 3.8) is 0 Å². The van der Waals surface area contributed by atoms with Gasteiger partial charge in [-0.05, 0) is 35.4 Å². The van der Waals surface area contributed by atoms with Crippen LogP contribution in [-0.2, 0) is 0 Å². The van der Waals surface area contributed by atoms with Gasteiger partial charge in [0.15, 0.2) is 14.6 Å². The molecule has 0 spiro atoms. The SMILES string of the molecule is Clc1ccc(Bc2ccc(-c3ccc(Bc4ccc(Cl)c(Cl)c4)cc3)cc2)cc1. The molecule has 0 heterocycles. The lowest BCUT2D eigenvalue weighted by Gasteiger charge is -2.07. The van der Waals surface area contributed by atoms with Crippen molar-refractivity contribution in [2.45, 2.75) is 0 Å². The van der Waals surface area contributed by atoms with E-state index in [0.717, 1.165) is 25.0 Å². The summed E-state index contributed by atoms with van der Waals surface area (Å²) in [5.74, 6) is 0. The molecule has 140 valence electrons. The maximum atomic E-state index is 6.12. The Balaban J connectivity index is 1.44. The molecule has 0 atom stereocenters. The van der Waals surface area contributed by atoms with Gasteiger partial charge < -0.3 is 0 Å². The Morgan fingerprint density at radius 2 is 0.828 bits per heavy atom. The van der Waals surface area contributed by atoms with Gasteiger partial charge in [-0.3, -0.25) is 0 Å². The summed E-state index contributed by atoms with van der Waals surface area (Å²) in [4.78, 5) is 0. The first-order valence-electron chi connectivity index (χ1n) is 9.43. The molecule has 4 aromatic rings. The van der Waals surface area contributed by atoms with Gasteiger partial charge in [-0.2, -0.15) is 0 Å². The Morgan fingerprint density at radius 1 is 0.414 bits per heavy atom. The number of benzene rings is 4. The molecule has 29 heavy (non-hydrogen) atoms. The van der Waals surface area contributed by atoms with E-state index in [1.165, 1.54) is 27.5 Å². The van der Waals surface area contributed by atoms with Gasteiger partial charge in [-0.15, -0.1) is 0 Å². The van der Waals surface area contributed by atoms with Crippen LogP contribution in [-0.4, -0.2) is 14.6 Å². The van der Waals surface area contributed by atoms with Crippen LogP contribution >= 0.6 is 34.8 Å².